The van der Waals surface area contributed by atoms with Crippen LogP contribution in [-0.2, 0) is 9.53 Å². The Kier molecular flexibility index (Phi) is 2.05. The molecule has 1 aliphatic heterocycles. The third-order valence-corrected chi connectivity index (χ3v) is 1.48. The number of carbonyl (C=O) groups is 1. The Labute approximate surface area is 53.6 Å². The van der Waals surface area contributed by atoms with Crippen LogP contribution in [0.15, 0.2) is 0 Å². The molecule has 1 fully saturated rings. The maximum Gasteiger partial charge on any atom is 0.0498 e. The minimum absolute atomic E-state index is 0.153. The van der Waals surface area contributed by atoms with E-state index in [4.69, 9.17) is 4.74 Å². The standard InChI is InChI=1S/C6H10O3/c7-6(8)3-5-1-2-9-4-5/h5H,1-4H2,(H,7,8)/p-1/t5-/m0/s1. The largest absolute Gasteiger partial charge is 0.550 e. The van der Waals surface area contributed by atoms with Gasteiger partial charge in [-0.15, -0.1) is 0 Å². The first-order chi connectivity index (χ1) is 4.29. The smallest absolute Gasteiger partial charge is 0.0498 e. The first-order valence-electron chi connectivity index (χ1n) is 3.06. The molecule has 0 radical (unpaired) electrons. The lowest BCUT2D eigenvalue weighted by molar-refractivity contribution is -0.306. The monoisotopic (exact) mass is 129 g/mol. The van der Waals surface area contributed by atoms with E-state index in [0.717, 1.165) is 6.42 Å². The number of ether oxygens (including phenoxy) is 1. The molecule has 0 saturated carbocycles. The first-order valence-corrected chi connectivity index (χ1v) is 3.06. The quantitative estimate of drug-likeness (QED) is 0.488. The number of carbonyl (C=O) groups excluding carboxylic acids is 1. The van der Waals surface area contributed by atoms with Gasteiger partial charge in [-0.25, -0.2) is 0 Å². The lowest BCUT2D eigenvalue weighted by Crippen LogP contribution is -2.25. The number of hydrogen-bond acceptors (Lipinski definition) is 3. The Bertz CT molecular complexity index is 105. The summed E-state index contributed by atoms with van der Waals surface area (Å²) in [7, 11) is 0. The summed E-state index contributed by atoms with van der Waals surface area (Å²) in [6.45, 7) is 1.30. The molecule has 0 bridgehead atoms. The minimum atomic E-state index is -0.967. The van der Waals surface area contributed by atoms with Crippen LogP contribution in [0.4, 0.5) is 0 Å². The second-order valence-electron chi connectivity index (χ2n) is 2.31. The van der Waals surface area contributed by atoms with Gasteiger partial charge in [-0.1, -0.05) is 0 Å². The Morgan fingerprint density at radius 2 is 2.56 bits per heavy atom. The third-order valence-electron chi connectivity index (χ3n) is 1.48. The van der Waals surface area contributed by atoms with Gasteiger partial charge in [0, 0.05) is 19.2 Å². The molecule has 1 rings (SSSR count). The molecule has 0 spiro atoms. The molecule has 0 N–H and O–H groups in total. The average molecular weight is 129 g/mol. The third kappa shape index (κ3) is 2.01. The van der Waals surface area contributed by atoms with Gasteiger partial charge in [0.05, 0.1) is 0 Å². The van der Waals surface area contributed by atoms with E-state index < -0.39 is 5.97 Å². The van der Waals surface area contributed by atoms with Gasteiger partial charge in [0.2, 0.25) is 0 Å². The number of aliphatic carboxylic acids is 1. The van der Waals surface area contributed by atoms with Gasteiger partial charge in [-0.2, -0.15) is 0 Å². The Morgan fingerprint density at radius 1 is 1.78 bits per heavy atom. The van der Waals surface area contributed by atoms with Crippen LogP contribution in [0.1, 0.15) is 12.8 Å². The van der Waals surface area contributed by atoms with E-state index in [2.05, 4.69) is 0 Å². The molecule has 0 aromatic carbocycles. The first kappa shape index (κ1) is 6.55. The predicted octanol–water partition coefficient (Wildman–Crippen LogP) is -0.837. The van der Waals surface area contributed by atoms with Crippen LogP contribution in [-0.4, -0.2) is 19.2 Å². The summed E-state index contributed by atoms with van der Waals surface area (Å²) in [6, 6.07) is 0. The molecule has 1 aliphatic rings. The molecule has 0 aromatic heterocycles. The molecule has 0 aliphatic carbocycles. The summed E-state index contributed by atoms with van der Waals surface area (Å²) in [4.78, 5) is 9.99. The molecule has 0 amide bonds. The van der Waals surface area contributed by atoms with Gasteiger partial charge >= 0.3 is 0 Å². The maximum absolute atomic E-state index is 9.99. The van der Waals surface area contributed by atoms with E-state index in [1.807, 2.05) is 0 Å². The predicted molar refractivity (Wildman–Crippen MR) is 28.5 cm³/mol. The van der Waals surface area contributed by atoms with Gasteiger partial charge < -0.3 is 14.6 Å². The lowest BCUT2D eigenvalue weighted by atomic mass is 10.1. The summed E-state index contributed by atoms with van der Waals surface area (Å²) in [6.07, 6.45) is 1.02. The zero-order chi connectivity index (χ0) is 6.69. The van der Waals surface area contributed by atoms with Crippen LogP contribution >= 0.6 is 0 Å². The summed E-state index contributed by atoms with van der Waals surface area (Å²) in [5, 5.41) is 9.99. The number of carboxylic acids is 1. The lowest BCUT2D eigenvalue weighted by Gasteiger charge is -2.05. The summed E-state index contributed by atoms with van der Waals surface area (Å²) < 4.78 is 4.97. The normalized spacial score (nSPS) is 26.4. The molecule has 1 saturated heterocycles. The molecule has 3 heteroatoms. The van der Waals surface area contributed by atoms with E-state index in [-0.39, 0.29) is 12.3 Å². The van der Waals surface area contributed by atoms with Crippen molar-refractivity contribution in [1.29, 1.82) is 0 Å². The van der Waals surface area contributed by atoms with E-state index >= 15 is 0 Å². The van der Waals surface area contributed by atoms with Crippen LogP contribution < -0.4 is 5.11 Å². The zero-order valence-electron chi connectivity index (χ0n) is 5.13. The van der Waals surface area contributed by atoms with Crippen molar-refractivity contribution in [3.05, 3.63) is 0 Å². The van der Waals surface area contributed by atoms with Crippen molar-refractivity contribution in [3.63, 3.8) is 0 Å². The van der Waals surface area contributed by atoms with Crippen molar-refractivity contribution in [1.82, 2.24) is 0 Å². The summed E-state index contributed by atoms with van der Waals surface area (Å²) >= 11 is 0. The van der Waals surface area contributed by atoms with Crippen molar-refractivity contribution in [2.75, 3.05) is 13.2 Å². The van der Waals surface area contributed by atoms with Gasteiger partial charge in [0.1, 0.15) is 0 Å². The maximum atomic E-state index is 9.99. The number of hydrogen-bond donors (Lipinski definition) is 0. The van der Waals surface area contributed by atoms with Crippen molar-refractivity contribution in [2.24, 2.45) is 5.92 Å². The molecule has 52 valence electrons. The van der Waals surface area contributed by atoms with Crippen LogP contribution in [0.3, 0.4) is 0 Å². The van der Waals surface area contributed by atoms with Crippen molar-refractivity contribution in [3.8, 4) is 0 Å². The van der Waals surface area contributed by atoms with Crippen LogP contribution in [0.25, 0.3) is 0 Å². The molecule has 3 nitrogen and oxygen atoms in total. The van der Waals surface area contributed by atoms with Crippen LogP contribution in [0.2, 0.25) is 0 Å². The van der Waals surface area contributed by atoms with Gasteiger partial charge in [0.15, 0.2) is 0 Å². The molecule has 1 atom stereocenters. The molecule has 0 aromatic rings. The second kappa shape index (κ2) is 2.82. The highest BCUT2D eigenvalue weighted by Gasteiger charge is 2.14. The summed E-state index contributed by atoms with van der Waals surface area (Å²) in [5.74, 6) is -0.763. The Hall–Kier alpha value is -0.570. The van der Waals surface area contributed by atoms with Crippen molar-refractivity contribution in [2.45, 2.75) is 12.8 Å². The Morgan fingerprint density at radius 3 is 3.00 bits per heavy atom. The Balaban J connectivity index is 2.19. The summed E-state index contributed by atoms with van der Waals surface area (Å²) in [5.41, 5.74) is 0. The van der Waals surface area contributed by atoms with E-state index in [1.165, 1.54) is 0 Å². The highest BCUT2D eigenvalue weighted by atomic mass is 16.5. The van der Waals surface area contributed by atoms with E-state index in [0.29, 0.717) is 13.2 Å². The van der Waals surface area contributed by atoms with Crippen molar-refractivity contribution >= 4 is 5.97 Å². The minimum Gasteiger partial charge on any atom is -0.550 e. The van der Waals surface area contributed by atoms with Gasteiger partial charge in [0.25, 0.3) is 0 Å². The topological polar surface area (TPSA) is 49.4 Å². The average Bonchev–Trinajstić information content (AvgIpc) is 2.15. The van der Waals surface area contributed by atoms with Gasteiger partial charge in [-0.05, 0) is 18.8 Å². The van der Waals surface area contributed by atoms with Crippen LogP contribution in [0, 0.1) is 5.92 Å². The van der Waals surface area contributed by atoms with E-state index in [9.17, 15) is 9.90 Å². The molecular weight excluding hydrogens is 120 g/mol. The number of rotatable bonds is 2. The second-order valence-corrected chi connectivity index (χ2v) is 2.31. The highest BCUT2D eigenvalue weighted by Crippen LogP contribution is 2.14. The highest BCUT2D eigenvalue weighted by molar-refractivity contribution is 5.64. The SMILES string of the molecule is O=C([O-])C[C@@H]1CCOC1. The fourth-order valence-electron chi connectivity index (χ4n) is 0.980. The fraction of sp³-hybridized carbons (Fsp3) is 0.833. The fourth-order valence-corrected chi connectivity index (χ4v) is 0.980. The molecule has 1 heterocycles. The van der Waals surface area contributed by atoms with Gasteiger partial charge in [-0.3, -0.25) is 0 Å². The molecular formula is C6H9O3-. The van der Waals surface area contributed by atoms with Crippen molar-refractivity contribution < 1.29 is 14.6 Å². The molecule has 0 unspecified atom stereocenters. The number of carboxylic acid groups (broad SMARTS) is 1. The molecule has 9 heavy (non-hydrogen) atoms. The zero-order valence-corrected chi connectivity index (χ0v) is 5.13. The van der Waals surface area contributed by atoms with Crippen LogP contribution in [0.5, 0.6) is 0 Å². The van der Waals surface area contributed by atoms with E-state index in [1.54, 1.807) is 0 Å².